The summed E-state index contributed by atoms with van der Waals surface area (Å²) in [7, 11) is 0. The zero-order chi connectivity index (χ0) is 24.0. The molecule has 2 heterocycles. The lowest BCUT2D eigenvalue weighted by Gasteiger charge is -2.40. The molecule has 1 aromatic heterocycles. The Kier molecular flexibility index (Phi) is 5.07. The third-order valence-electron chi connectivity index (χ3n) is 7.38. The molecule has 172 valence electrons. The molecule has 0 aliphatic carbocycles. The highest BCUT2D eigenvalue weighted by atomic mass is 16.1. The van der Waals surface area contributed by atoms with E-state index in [2.05, 4.69) is 90.0 Å². The van der Waals surface area contributed by atoms with Crippen LogP contribution in [-0.2, 0) is 12.1 Å². The second kappa shape index (κ2) is 8.28. The van der Waals surface area contributed by atoms with Gasteiger partial charge in [0.1, 0.15) is 0 Å². The minimum atomic E-state index is -0.967. The van der Waals surface area contributed by atoms with Crippen LogP contribution in [0.25, 0.3) is 22.2 Å². The van der Waals surface area contributed by atoms with E-state index in [4.69, 9.17) is 0 Å². The average Bonchev–Trinajstić information content (AvgIpc) is 3.39. The predicted octanol–water partition coefficient (Wildman–Crippen LogP) is 7.29. The Morgan fingerprint density at radius 2 is 1.31 bits per heavy atom. The quantitative estimate of drug-likeness (QED) is 0.277. The monoisotopic (exact) mass is 456 g/mol. The summed E-state index contributed by atoms with van der Waals surface area (Å²) in [6.45, 7) is 5.84. The van der Waals surface area contributed by atoms with E-state index in [0.717, 1.165) is 51.1 Å². The zero-order valence-electron chi connectivity index (χ0n) is 20.1. The van der Waals surface area contributed by atoms with Crippen molar-refractivity contribution in [3.63, 3.8) is 0 Å². The van der Waals surface area contributed by atoms with E-state index in [0.29, 0.717) is 6.54 Å². The normalized spacial score (nSPS) is 17.2. The third kappa shape index (κ3) is 2.88. The van der Waals surface area contributed by atoms with E-state index in [1.165, 1.54) is 0 Å². The largest absolute Gasteiger partial charge is 0.351 e. The fourth-order valence-corrected chi connectivity index (χ4v) is 6.06. The number of nitrogens with zero attached hydrogens (tertiary/aromatic N) is 2. The van der Waals surface area contributed by atoms with Gasteiger partial charge in [-0.25, -0.2) is 0 Å². The van der Waals surface area contributed by atoms with Crippen LogP contribution in [0.5, 0.6) is 0 Å². The molecule has 0 radical (unpaired) electrons. The van der Waals surface area contributed by atoms with E-state index in [1.807, 2.05) is 42.5 Å². The molecular formula is C32H28N2O. The number of hydrogen-bond acceptors (Lipinski definition) is 2. The summed E-state index contributed by atoms with van der Waals surface area (Å²) in [6.07, 6.45) is 0. The van der Waals surface area contributed by atoms with Gasteiger partial charge in [0.25, 0.3) is 0 Å². The molecule has 0 saturated carbocycles. The molecule has 5 aromatic rings. The van der Waals surface area contributed by atoms with Crippen molar-refractivity contribution in [2.45, 2.75) is 25.9 Å². The Hall–Kier alpha value is -4.11. The second-order valence-electron chi connectivity index (χ2n) is 9.02. The van der Waals surface area contributed by atoms with Crippen molar-refractivity contribution in [2.75, 3.05) is 11.4 Å². The highest BCUT2D eigenvalue weighted by Gasteiger charge is 2.55. The van der Waals surface area contributed by atoms with Gasteiger partial charge < -0.3 is 9.47 Å². The predicted molar refractivity (Wildman–Crippen MR) is 144 cm³/mol. The molecule has 4 aromatic carbocycles. The van der Waals surface area contributed by atoms with Gasteiger partial charge in [-0.2, -0.15) is 0 Å². The molecule has 1 unspecified atom stereocenters. The molecule has 35 heavy (non-hydrogen) atoms. The summed E-state index contributed by atoms with van der Waals surface area (Å²) in [5.74, 6) is 0.136. The molecule has 1 aliphatic heterocycles. The van der Waals surface area contributed by atoms with Gasteiger partial charge in [-0.1, -0.05) is 91.0 Å². The number of ketones is 1. The number of carbonyl (C=O) groups is 1. The van der Waals surface area contributed by atoms with Crippen LogP contribution in [-0.4, -0.2) is 16.9 Å². The number of aromatic nitrogens is 1. The number of carbonyl (C=O) groups excluding carboxylic acids is 1. The molecule has 1 aliphatic rings. The van der Waals surface area contributed by atoms with E-state index >= 15 is 0 Å². The third-order valence-corrected chi connectivity index (χ3v) is 7.38. The fraction of sp³-hybridized carbons (Fsp3) is 0.156. The van der Waals surface area contributed by atoms with E-state index in [-0.39, 0.29) is 5.78 Å². The maximum atomic E-state index is 14.8. The van der Waals surface area contributed by atoms with E-state index < -0.39 is 5.54 Å². The lowest BCUT2D eigenvalue weighted by molar-refractivity contribution is 0.0927. The van der Waals surface area contributed by atoms with Crippen molar-refractivity contribution in [3.8, 4) is 11.3 Å². The highest BCUT2D eigenvalue weighted by Crippen LogP contribution is 2.53. The van der Waals surface area contributed by atoms with Crippen LogP contribution in [0.1, 0.15) is 35.3 Å². The number of hydrogen-bond donors (Lipinski definition) is 0. The number of para-hydroxylation sites is 2. The van der Waals surface area contributed by atoms with Gasteiger partial charge in [0.15, 0.2) is 11.3 Å². The van der Waals surface area contributed by atoms with Crippen LogP contribution >= 0.6 is 0 Å². The Morgan fingerprint density at radius 3 is 2.03 bits per heavy atom. The summed E-state index contributed by atoms with van der Waals surface area (Å²) >= 11 is 0. The molecule has 0 saturated heterocycles. The smallest absolute Gasteiger partial charge is 0.199 e. The van der Waals surface area contributed by atoms with Gasteiger partial charge in [0.2, 0.25) is 0 Å². The van der Waals surface area contributed by atoms with Crippen LogP contribution < -0.4 is 4.90 Å². The first-order chi connectivity index (χ1) is 17.2. The molecule has 0 fully saturated rings. The second-order valence-corrected chi connectivity index (χ2v) is 9.02. The van der Waals surface area contributed by atoms with Crippen LogP contribution in [0.15, 0.2) is 109 Å². The van der Waals surface area contributed by atoms with Gasteiger partial charge in [-0.05, 0) is 43.2 Å². The summed E-state index contributed by atoms with van der Waals surface area (Å²) in [5.41, 5.74) is 6.26. The maximum absolute atomic E-state index is 14.8. The molecule has 3 heteroatoms. The lowest BCUT2D eigenvalue weighted by atomic mass is 9.76. The van der Waals surface area contributed by atoms with Gasteiger partial charge in [0.05, 0.1) is 5.69 Å². The number of aryl methyl sites for hydroxylation is 1. The highest BCUT2D eigenvalue weighted by molar-refractivity contribution is 6.19. The first kappa shape index (κ1) is 21.4. The van der Waals surface area contributed by atoms with Crippen LogP contribution in [0.4, 0.5) is 5.69 Å². The molecule has 0 amide bonds. The first-order valence-corrected chi connectivity index (χ1v) is 12.4. The molecular weight excluding hydrogens is 428 g/mol. The molecule has 6 rings (SSSR count). The molecule has 0 bridgehead atoms. The molecule has 3 nitrogen and oxygen atoms in total. The van der Waals surface area contributed by atoms with Crippen LogP contribution in [0.2, 0.25) is 0 Å². The Balaban J connectivity index is 1.84. The van der Waals surface area contributed by atoms with Crippen molar-refractivity contribution < 1.29 is 4.79 Å². The van der Waals surface area contributed by atoms with Crippen LogP contribution in [0.3, 0.4) is 0 Å². The summed E-state index contributed by atoms with van der Waals surface area (Å²) in [5, 5.41) is 1.12. The fourth-order valence-electron chi connectivity index (χ4n) is 6.06. The van der Waals surface area contributed by atoms with Crippen molar-refractivity contribution in [3.05, 3.63) is 126 Å². The minimum Gasteiger partial charge on any atom is -0.351 e. The Bertz CT molecular complexity index is 1530. The number of Topliss-reactive ketones (excluding diaryl/α,β-unsaturated/α-hetero) is 1. The van der Waals surface area contributed by atoms with Crippen LogP contribution in [0, 0.1) is 0 Å². The van der Waals surface area contributed by atoms with Crippen molar-refractivity contribution >= 4 is 22.4 Å². The Labute approximate surface area is 206 Å². The maximum Gasteiger partial charge on any atom is 0.199 e. The van der Waals surface area contributed by atoms with E-state index in [1.54, 1.807) is 0 Å². The number of benzene rings is 4. The minimum absolute atomic E-state index is 0.136. The summed E-state index contributed by atoms with van der Waals surface area (Å²) in [4.78, 5) is 17.1. The SMILES string of the molecule is CCN1c2ccccc2C(=O)C1(c1ccccc1)c1c(-c2ccccc2)n(CC)c2ccccc12. The molecule has 0 spiro atoms. The number of likely N-dealkylation sites (N-methyl/N-ethyl adjacent to an activating group) is 1. The molecule has 0 N–H and O–H groups in total. The van der Waals surface area contributed by atoms with Crippen molar-refractivity contribution in [1.29, 1.82) is 0 Å². The Morgan fingerprint density at radius 1 is 0.686 bits per heavy atom. The van der Waals surface area contributed by atoms with Gasteiger partial charge >= 0.3 is 0 Å². The summed E-state index contributed by atoms with van der Waals surface area (Å²) < 4.78 is 2.37. The number of anilines is 1. The first-order valence-electron chi connectivity index (χ1n) is 12.4. The van der Waals surface area contributed by atoms with Gasteiger partial charge in [-0.3, -0.25) is 4.79 Å². The summed E-state index contributed by atoms with van der Waals surface area (Å²) in [6, 6.07) is 37.4. The van der Waals surface area contributed by atoms with Gasteiger partial charge in [-0.15, -0.1) is 0 Å². The van der Waals surface area contributed by atoms with Gasteiger partial charge in [0, 0.05) is 40.8 Å². The average molecular weight is 457 g/mol. The topological polar surface area (TPSA) is 25.2 Å². The lowest BCUT2D eigenvalue weighted by Crippen LogP contribution is -2.49. The van der Waals surface area contributed by atoms with E-state index in [9.17, 15) is 4.79 Å². The number of fused-ring (bicyclic) bond motifs is 2. The standard InChI is InChI=1S/C32H28N2O/c1-3-33-27-21-13-11-19-25(27)29(30(33)23-15-7-5-8-16-23)32(24-17-9-6-10-18-24)31(35)26-20-12-14-22-28(26)34(32)4-2/h5-22H,3-4H2,1-2H3. The van der Waals surface area contributed by atoms with Crippen molar-refractivity contribution in [2.24, 2.45) is 0 Å². The zero-order valence-corrected chi connectivity index (χ0v) is 20.1. The molecule has 1 atom stereocenters. The van der Waals surface area contributed by atoms with Crippen molar-refractivity contribution in [1.82, 2.24) is 4.57 Å². The number of rotatable bonds is 5.